The number of esters is 1. The molecule has 1 aliphatic heterocycles. The maximum atomic E-state index is 12.2. The molecule has 0 spiro atoms. The van der Waals surface area contributed by atoms with Gasteiger partial charge in [0.2, 0.25) is 5.28 Å². The Bertz CT molecular complexity index is 1210. The summed E-state index contributed by atoms with van der Waals surface area (Å²) < 4.78 is 16.5. The van der Waals surface area contributed by atoms with E-state index in [1.165, 1.54) is 0 Å². The standard InChI is InChI=1S/C25H29ClN4O4/c1-15-13-33-11-10-30(15)22-18-7-8-19(27-21(18)28-24(26)29-22)16-6-9-20(32-5)17(12-16)14-34-23(31)25(2,3)4/h6-9,12,15H,10-11,13-14H2,1-5H3. The summed E-state index contributed by atoms with van der Waals surface area (Å²) in [5, 5.41) is 0.977. The summed E-state index contributed by atoms with van der Waals surface area (Å²) >= 11 is 6.28. The molecule has 1 fully saturated rings. The minimum Gasteiger partial charge on any atom is -0.496 e. The third-order valence-corrected chi connectivity index (χ3v) is 5.87. The summed E-state index contributed by atoms with van der Waals surface area (Å²) in [6.45, 7) is 9.64. The molecule has 0 saturated carbocycles. The van der Waals surface area contributed by atoms with E-state index in [1.807, 2.05) is 51.1 Å². The van der Waals surface area contributed by atoms with Crippen LogP contribution in [0.5, 0.6) is 5.75 Å². The molecule has 1 unspecified atom stereocenters. The van der Waals surface area contributed by atoms with E-state index < -0.39 is 5.41 Å². The van der Waals surface area contributed by atoms with Crippen molar-refractivity contribution in [1.29, 1.82) is 0 Å². The number of aromatic nitrogens is 3. The second-order valence-corrected chi connectivity index (χ2v) is 9.69. The van der Waals surface area contributed by atoms with Crippen molar-refractivity contribution in [3.8, 4) is 17.0 Å². The Hall–Kier alpha value is -2.97. The number of benzene rings is 1. The largest absolute Gasteiger partial charge is 0.496 e. The van der Waals surface area contributed by atoms with Crippen LogP contribution in [0.25, 0.3) is 22.3 Å². The number of rotatable bonds is 5. The third-order valence-electron chi connectivity index (χ3n) is 5.70. The Morgan fingerprint density at radius 2 is 2.00 bits per heavy atom. The van der Waals surface area contributed by atoms with Gasteiger partial charge in [0, 0.05) is 17.7 Å². The zero-order chi connectivity index (χ0) is 24.5. The number of pyridine rings is 1. The van der Waals surface area contributed by atoms with Crippen molar-refractivity contribution in [3.05, 3.63) is 41.2 Å². The van der Waals surface area contributed by atoms with Crippen LogP contribution in [0.4, 0.5) is 5.82 Å². The number of nitrogens with zero attached hydrogens (tertiary/aromatic N) is 4. The van der Waals surface area contributed by atoms with Gasteiger partial charge in [-0.15, -0.1) is 0 Å². The number of hydrogen-bond donors (Lipinski definition) is 0. The Kier molecular flexibility index (Phi) is 6.91. The first-order chi connectivity index (χ1) is 16.2. The SMILES string of the molecule is COc1ccc(-c2ccc3c(N4CCOCC4C)nc(Cl)nc3n2)cc1COC(=O)C(C)(C)C. The lowest BCUT2D eigenvalue weighted by atomic mass is 9.97. The molecule has 34 heavy (non-hydrogen) atoms. The van der Waals surface area contributed by atoms with Crippen molar-refractivity contribution < 1.29 is 19.0 Å². The second kappa shape index (κ2) is 9.72. The number of methoxy groups -OCH3 is 1. The van der Waals surface area contributed by atoms with Crippen molar-refractivity contribution in [2.45, 2.75) is 40.3 Å². The number of halogens is 1. The maximum Gasteiger partial charge on any atom is 0.311 e. The summed E-state index contributed by atoms with van der Waals surface area (Å²) in [6, 6.07) is 9.74. The zero-order valence-electron chi connectivity index (χ0n) is 20.1. The molecule has 2 aromatic heterocycles. The van der Waals surface area contributed by atoms with Crippen LogP contribution in [-0.4, -0.2) is 53.8 Å². The van der Waals surface area contributed by atoms with Crippen LogP contribution in [0.2, 0.25) is 5.28 Å². The van der Waals surface area contributed by atoms with Gasteiger partial charge in [-0.2, -0.15) is 9.97 Å². The van der Waals surface area contributed by atoms with Crippen LogP contribution in [0.3, 0.4) is 0 Å². The highest BCUT2D eigenvalue weighted by atomic mass is 35.5. The van der Waals surface area contributed by atoms with Crippen molar-refractivity contribution in [2.75, 3.05) is 31.8 Å². The number of carbonyl (C=O) groups excluding carboxylic acids is 1. The van der Waals surface area contributed by atoms with Gasteiger partial charge < -0.3 is 19.1 Å². The third kappa shape index (κ3) is 5.08. The lowest BCUT2D eigenvalue weighted by Crippen LogP contribution is -2.44. The van der Waals surface area contributed by atoms with E-state index in [1.54, 1.807) is 7.11 Å². The molecule has 1 saturated heterocycles. The highest BCUT2D eigenvalue weighted by Gasteiger charge is 2.25. The maximum absolute atomic E-state index is 12.2. The lowest BCUT2D eigenvalue weighted by Gasteiger charge is -2.34. The molecule has 1 aromatic carbocycles. The van der Waals surface area contributed by atoms with E-state index in [4.69, 9.17) is 30.8 Å². The zero-order valence-corrected chi connectivity index (χ0v) is 20.8. The van der Waals surface area contributed by atoms with Gasteiger partial charge in [0.25, 0.3) is 0 Å². The molecular formula is C25H29ClN4O4. The number of anilines is 1. The Labute approximate surface area is 204 Å². The van der Waals surface area contributed by atoms with Gasteiger partial charge in [-0.3, -0.25) is 4.79 Å². The average molecular weight is 485 g/mol. The van der Waals surface area contributed by atoms with Crippen LogP contribution in [0.1, 0.15) is 33.3 Å². The molecule has 3 heterocycles. The van der Waals surface area contributed by atoms with Gasteiger partial charge in [-0.05, 0) is 69.6 Å². The summed E-state index contributed by atoms with van der Waals surface area (Å²) in [6.07, 6.45) is 0. The fraction of sp³-hybridized carbons (Fsp3) is 0.440. The number of hydrogen-bond acceptors (Lipinski definition) is 8. The number of carbonyl (C=O) groups is 1. The number of morpholine rings is 1. The second-order valence-electron chi connectivity index (χ2n) is 9.35. The van der Waals surface area contributed by atoms with E-state index in [2.05, 4.69) is 21.8 Å². The molecule has 0 N–H and O–H groups in total. The van der Waals surface area contributed by atoms with E-state index in [0.717, 1.165) is 28.9 Å². The van der Waals surface area contributed by atoms with Gasteiger partial charge in [0.15, 0.2) is 5.65 Å². The minimum atomic E-state index is -0.584. The molecule has 3 aromatic rings. The molecule has 4 rings (SSSR count). The lowest BCUT2D eigenvalue weighted by molar-refractivity contribution is -0.154. The van der Waals surface area contributed by atoms with Crippen LogP contribution in [0, 0.1) is 5.41 Å². The topological polar surface area (TPSA) is 86.7 Å². The van der Waals surface area contributed by atoms with E-state index in [-0.39, 0.29) is 23.9 Å². The molecule has 9 heteroatoms. The van der Waals surface area contributed by atoms with Gasteiger partial charge >= 0.3 is 5.97 Å². The van der Waals surface area contributed by atoms with Crippen molar-refractivity contribution in [1.82, 2.24) is 15.0 Å². The Balaban J connectivity index is 1.69. The predicted molar refractivity (Wildman–Crippen MR) is 131 cm³/mol. The average Bonchev–Trinajstić information content (AvgIpc) is 2.81. The summed E-state index contributed by atoms with van der Waals surface area (Å²) in [5.41, 5.74) is 2.25. The number of fused-ring (bicyclic) bond motifs is 1. The molecule has 1 aliphatic rings. The fourth-order valence-electron chi connectivity index (χ4n) is 3.80. The van der Waals surface area contributed by atoms with Crippen molar-refractivity contribution >= 4 is 34.4 Å². The quantitative estimate of drug-likeness (QED) is 0.381. The first-order valence-corrected chi connectivity index (χ1v) is 11.6. The van der Waals surface area contributed by atoms with Crippen molar-refractivity contribution in [2.24, 2.45) is 5.41 Å². The molecule has 8 nitrogen and oxygen atoms in total. The van der Waals surface area contributed by atoms with Crippen LogP contribution in [0.15, 0.2) is 30.3 Å². The van der Waals surface area contributed by atoms with Gasteiger partial charge in [-0.1, -0.05) is 0 Å². The summed E-state index contributed by atoms with van der Waals surface area (Å²) in [4.78, 5) is 28.1. The first-order valence-electron chi connectivity index (χ1n) is 11.2. The Morgan fingerprint density at radius 3 is 2.71 bits per heavy atom. The summed E-state index contributed by atoms with van der Waals surface area (Å²) in [5.74, 6) is 1.12. The first kappa shape index (κ1) is 24.2. The van der Waals surface area contributed by atoms with E-state index >= 15 is 0 Å². The molecule has 0 aliphatic carbocycles. The molecule has 0 bridgehead atoms. The van der Waals surface area contributed by atoms with Crippen LogP contribution in [-0.2, 0) is 20.9 Å². The van der Waals surface area contributed by atoms with E-state index in [9.17, 15) is 4.79 Å². The minimum absolute atomic E-state index is 0.105. The van der Waals surface area contributed by atoms with Crippen molar-refractivity contribution in [3.63, 3.8) is 0 Å². The monoisotopic (exact) mass is 484 g/mol. The van der Waals surface area contributed by atoms with Gasteiger partial charge in [0.1, 0.15) is 18.2 Å². The molecule has 1 atom stereocenters. The van der Waals surface area contributed by atoms with E-state index in [0.29, 0.717) is 30.3 Å². The number of ether oxygens (including phenoxy) is 3. The molecule has 0 amide bonds. The Morgan fingerprint density at radius 1 is 1.21 bits per heavy atom. The van der Waals surface area contributed by atoms with Gasteiger partial charge in [0.05, 0.1) is 42.9 Å². The smallest absolute Gasteiger partial charge is 0.311 e. The normalized spacial score (nSPS) is 16.5. The molecular weight excluding hydrogens is 456 g/mol. The van der Waals surface area contributed by atoms with Crippen LogP contribution < -0.4 is 9.64 Å². The van der Waals surface area contributed by atoms with Gasteiger partial charge in [-0.25, -0.2) is 4.98 Å². The molecule has 0 radical (unpaired) electrons. The summed E-state index contributed by atoms with van der Waals surface area (Å²) in [7, 11) is 1.59. The highest BCUT2D eigenvalue weighted by molar-refractivity contribution is 6.28. The molecule has 180 valence electrons. The highest BCUT2D eigenvalue weighted by Crippen LogP contribution is 2.31. The predicted octanol–water partition coefficient (Wildman–Crippen LogP) is 4.67. The van der Waals surface area contributed by atoms with Crippen LogP contribution >= 0.6 is 11.6 Å². The fourth-order valence-corrected chi connectivity index (χ4v) is 3.96.